The van der Waals surface area contributed by atoms with Gasteiger partial charge < -0.3 is 9.80 Å². The normalized spacial score (nSPS) is 18.4. The summed E-state index contributed by atoms with van der Waals surface area (Å²) in [5, 5.41) is 0. The van der Waals surface area contributed by atoms with E-state index in [1.807, 2.05) is 0 Å². The molecule has 1 aromatic carbocycles. The summed E-state index contributed by atoms with van der Waals surface area (Å²) in [5.74, 6) is 0. The average Bonchev–Trinajstić information content (AvgIpc) is 2.41. The lowest BCUT2D eigenvalue weighted by molar-refractivity contribution is -0.137. The Balaban J connectivity index is 1.74. The van der Waals surface area contributed by atoms with E-state index in [9.17, 15) is 13.2 Å². The highest BCUT2D eigenvalue weighted by Crippen LogP contribution is 2.29. The summed E-state index contributed by atoms with van der Waals surface area (Å²) in [5.41, 5.74) is 0.410. The number of nitrogens with zero attached hydrogens (tertiary/aromatic N) is 2. The first-order valence-corrected chi connectivity index (χ1v) is 7.02. The van der Waals surface area contributed by atoms with Crippen LogP contribution < -0.4 is 0 Å². The zero-order valence-corrected chi connectivity index (χ0v) is 11.8. The standard InChI is InChI=1S/C15H21F3N2/c1-19-9-11-20(12-10-19)8-2-3-13-4-6-14(7-5-13)15(16,17)18/h4-7H,2-3,8-12H2,1H3. The van der Waals surface area contributed by atoms with Crippen LogP contribution in [0.4, 0.5) is 13.2 Å². The van der Waals surface area contributed by atoms with E-state index in [1.54, 1.807) is 12.1 Å². The van der Waals surface area contributed by atoms with Crippen molar-refractivity contribution >= 4 is 0 Å². The highest BCUT2D eigenvalue weighted by Gasteiger charge is 2.29. The van der Waals surface area contributed by atoms with Gasteiger partial charge >= 0.3 is 6.18 Å². The number of piperazine rings is 1. The Morgan fingerprint density at radius 2 is 1.60 bits per heavy atom. The van der Waals surface area contributed by atoms with E-state index in [0.29, 0.717) is 0 Å². The molecule has 0 unspecified atom stereocenters. The summed E-state index contributed by atoms with van der Waals surface area (Å²) in [6.45, 7) is 5.39. The highest BCUT2D eigenvalue weighted by molar-refractivity contribution is 5.24. The Kier molecular flexibility index (Phi) is 5.05. The summed E-state index contributed by atoms with van der Waals surface area (Å²) >= 11 is 0. The molecule has 1 aromatic rings. The molecule has 112 valence electrons. The zero-order chi connectivity index (χ0) is 14.6. The van der Waals surface area contributed by atoms with Crippen LogP contribution in [0.5, 0.6) is 0 Å². The van der Waals surface area contributed by atoms with Crippen molar-refractivity contribution in [1.29, 1.82) is 0 Å². The van der Waals surface area contributed by atoms with Crippen molar-refractivity contribution in [2.45, 2.75) is 19.0 Å². The van der Waals surface area contributed by atoms with Crippen LogP contribution in [-0.4, -0.2) is 49.6 Å². The number of rotatable bonds is 4. The van der Waals surface area contributed by atoms with Gasteiger partial charge in [-0.1, -0.05) is 12.1 Å². The Bertz CT molecular complexity index is 406. The molecule has 1 aliphatic rings. The van der Waals surface area contributed by atoms with E-state index in [2.05, 4.69) is 16.8 Å². The molecular weight excluding hydrogens is 265 g/mol. The van der Waals surface area contributed by atoms with Crippen LogP contribution in [0.1, 0.15) is 17.5 Å². The minimum absolute atomic E-state index is 0.569. The molecule has 0 spiro atoms. The molecule has 20 heavy (non-hydrogen) atoms. The van der Waals surface area contributed by atoms with Crippen molar-refractivity contribution < 1.29 is 13.2 Å². The SMILES string of the molecule is CN1CCN(CCCc2ccc(C(F)(F)F)cc2)CC1. The lowest BCUT2D eigenvalue weighted by Gasteiger charge is -2.32. The van der Waals surface area contributed by atoms with Crippen molar-refractivity contribution in [3.63, 3.8) is 0 Å². The maximum Gasteiger partial charge on any atom is 0.416 e. The Morgan fingerprint density at radius 3 is 2.15 bits per heavy atom. The molecule has 1 heterocycles. The second kappa shape index (κ2) is 6.59. The minimum Gasteiger partial charge on any atom is -0.304 e. The number of hydrogen-bond donors (Lipinski definition) is 0. The van der Waals surface area contributed by atoms with Gasteiger partial charge in [0.15, 0.2) is 0 Å². The van der Waals surface area contributed by atoms with Gasteiger partial charge in [0.1, 0.15) is 0 Å². The summed E-state index contributed by atoms with van der Waals surface area (Å²) in [4.78, 5) is 4.73. The van der Waals surface area contributed by atoms with Gasteiger partial charge in [-0.25, -0.2) is 0 Å². The van der Waals surface area contributed by atoms with Crippen LogP contribution in [0.25, 0.3) is 0 Å². The average molecular weight is 286 g/mol. The van der Waals surface area contributed by atoms with E-state index in [1.165, 1.54) is 12.1 Å². The first-order chi connectivity index (χ1) is 9.45. The fourth-order valence-electron chi connectivity index (χ4n) is 2.44. The highest BCUT2D eigenvalue weighted by atomic mass is 19.4. The summed E-state index contributed by atoms with van der Waals surface area (Å²) in [6, 6.07) is 5.52. The van der Waals surface area contributed by atoms with E-state index in [0.717, 1.165) is 51.1 Å². The van der Waals surface area contributed by atoms with Crippen molar-refractivity contribution in [2.75, 3.05) is 39.8 Å². The summed E-state index contributed by atoms with van der Waals surface area (Å²) in [7, 11) is 2.12. The quantitative estimate of drug-likeness (QED) is 0.840. The number of aryl methyl sites for hydroxylation is 1. The Morgan fingerprint density at radius 1 is 1.00 bits per heavy atom. The summed E-state index contributed by atoms with van der Waals surface area (Å²) < 4.78 is 37.3. The van der Waals surface area contributed by atoms with Crippen LogP contribution in [0.3, 0.4) is 0 Å². The predicted octanol–water partition coefficient (Wildman–Crippen LogP) is 2.89. The minimum atomic E-state index is -4.24. The van der Waals surface area contributed by atoms with Crippen molar-refractivity contribution in [2.24, 2.45) is 0 Å². The number of halogens is 3. The molecule has 0 atom stereocenters. The first-order valence-electron chi connectivity index (χ1n) is 7.02. The van der Waals surface area contributed by atoms with Gasteiger partial charge in [-0.15, -0.1) is 0 Å². The molecule has 2 rings (SSSR count). The molecule has 0 aliphatic carbocycles. The van der Waals surface area contributed by atoms with Crippen LogP contribution in [0.15, 0.2) is 24.3 Å². The fraction of sp³-hybridized carbons (Fsp3) is 0.600. The predicted molar refractivity (Wildman–Crippen MR) is 73.7 cm³/mol. The second-order valence-electron chi connectivity index (χ2n) is 5.44. The van der Waals surface area contributed by atoms with Crippen LogP contribution in [-0.2, 0) is 12.6 Å². The van der Waals surface area contributed by atoms with Gasteiger partial charge in [0, 0.05) is 26.2 Å². The topological polar surface area (TPSA) is 6.48 Å². The Hall–Kier alpha value is -1.07. The smallest absolute Gasteiger partial charge is 0.304 e. The lowest BCUT2D eigenvalue weighted by Crippen LogP contribution is -2.44. The van der Waals surface area contributed by atoms with Crippen molar-refractivity contribution in [1.82, 2.24) is 9.80 Å². The molecule has 1 saturated heterocycles. The number of likely N-dealkylation sites (N-methyl/N-ethyl adjacent to an activating group) is 1. The van der Waals surface area contributed by atoms with Gasteiger partial charge in [0.25, 0.3) is 0 Å². The third kappa shape index (κ3) is 4.49. The van der Waals surface area contributed by atoms with Crippen molar-refractivity contribution in [3.8, 4) is 0 Å². The van der Waals surface area contributed by atoms with Gasteiger partial charge in [0.05, 0.1) is 5.56 Å². The molecule has 0 saturated carbocycles. The second-order valence-corrected chi connectivity index (χ2v) is 5.44. The van der Waals surface area contributed by atoms with Crippen LogP contribution in [0, 0.1) is 0 Å². The number of hydrogen-bond acceptors (Lipinski definition) is 2. The maximum atomic E-state index is 12.4. The zero-order valence-electron chi connectivity index (χ0n) is 11.8. The molecule has 0 aromatic heterocycles. The van der Waals surface area contributed by atoms with E-state index < -0.39 is 11.7 Å². The largest absolute Gasteiger partial charge is 0.416 e. The van der Waals surface area contributed by atoms with Gasteiger partial charge in [0.2, 0.25) is 0 Å². The van der Waals surface area contributed by atoms with E-state index in [4.69, 9.17) is 0 Å². The van der Waals surface area contributed by atoms with Crippen LogP contribution in [0.2, 0.25) is 0 Å². The molecule has 1 fully saturated rings. The molecular formula is C15H21F3N2. The maximum absolute atomic E-state index is 12.4. The molecule has 0 N–H and O–H groups in total. The first kappa shape index (κ1) is 15.3. The molecule has 0 radical (unpaired) electrons. The van der Waals surface area contributed by atoms with Crippen molar-refractivity contribution in [3.05, 3.63) is 35.4 Å². The Labute approximate surface area is 118 Å². The molecule has 2 nitrogen and oxygen atoms in total. The molecule has 5 heteroatoms. The third-order valence-electron chi connectivity index (χ3n) is 3.82. The van der Waals surface area contributed by atoms with E-state index in [-0.39, 0.29) is 0 Å². The van der Waals surface area contributed by atoms with Gasteiger partial charge in [-0.2, -0.15) is 13.2 Å². The lowest BCUT2D eigenvalue weighted by atomic mass is 10.1. The number of benzene rings is 1. The van der Waals surface area contributed by atoms with E-state index >= 15 is 0 Å². The summed E-state index contributed by atoms with van der Waals surface area (Å²) in [6.07, 6.45) is -2.40. The van der Waals surface area contributed by atoms with Crippen LogP contribution >= 0.6 is 0 Å². The number of alkyl halides is 3. The van der Waals surface area contributed by atoms with Gasteiger partial charge in [-0.05, 0) is 44.1 Å². The monoisotopic (exact) mass is 286 g/mol. The molecule has 0 amide bonds. The molecule has 0 bridgehead atoms. The molecule has 1 aliphatic heterocycles. The van der Waals surface area contributed by atoms with Gasteiger partial charge in [-0.3, -0.25) is 0 Å². The fourth-order valence-corrected chi connectivity index (χ4v) is 2.44. The third-order valence-corrected chi connectivity index (χ3v) is 3.82.